The highest BCUT2D eigenvalue weighted by molar-refractivity contribution is 5.11. The lowest BCUT2D eigenvalue weighted by Gasteiger charge is -1.97. The average molecular weight is 168 g/mol. The van der Waals surface area contributed by atoms with Crippen molar-refractivity contribution in [2.45, 2.75) is 26.4 Å². The monoisotopic (exact) mass is 168 g/mol. The van der Waals surface area contributed by atoms with Gasteiger partial charge >= 0.3 is 0 Å². The molecule has 0 spiro atoms. The van der Waals surface area contributed by atoms with E-state index < -0.39 is 0 Å². The van der Waals surface area contributed by atoms with Gasteiger partial charge in [-0.15, -0.1) is 0 Å². The third-order valence-electron chi connectivity index (χ3n) is 1.64. The molecule has 0 fully saturated rings. The number of aryl methyl sites for hydroxylation is 1. The molecule has 0 aliphatic rings. The molecule has 1 rings (SSSR count). The Morgan fingerprint density at radius 2 is 2.33 bits per heavy atom. The zero-order chi connectivity index (χ0) is 8.97. The van der Waals surface area contributed by atoms with Crippen LogP contribution in [-0.2, 0) is 13.0 Å². The Hall–Kier alpha value is -1.09. The van der Waals surface area contributed by atoms with E-state index in [0.29, 0.717) is 11.3 Å². The van der Waals surface area contributed by atoms with E-state index in [1.54, 1.807) is 0 Å². The van der Waals surface area contributed by atoms with Crippen molar-refractivity contribution in [3.63, 3.8) is 0 Å². The number of aliphatic hydroxyl groups excluding tert-OH is 1. The van der Waals surface area contributed by atoms with Gasteiger partial charge in [-0.3, -0.25) is 4.79 Å². The summed E-state index contributed by atoms with van der Waals surface area (Å²) in [6.45, 7) is 1.78. The molecule has 1 aromatic rings. The van der Waals surface area contributed by atoms with E-state index in [0.717, 1.165) is 12.8 Å². The van der Waals surface area contributed by atoms with Crippen molar-refractivity contribution in [1.82, 2.24) is 0 Å². The summed E-state index contributed by atoms with van der Waals surface area (Å²) >= 11 is 0. The van der Waals surface area contributed by atoms with Gasteiger partial charge in [-0.2, -0.15) is 0 Å². The molecule has 0 bridgehead atoms. The minimum atomic E-state index is -0.221. The van der Waals surface area contributed by atoms with E-state index in [4.69, 9.17) is 9.52 Å². The molecule has 1 N–H and O–H groups in total. The van der Waals surface area contributed by atoms with Crippen LogP contribution in [0.25, 0.3) is 0 Å². The average Bonchev–Trinajstić information content (AvgIpc) is 2.09. The van der Waals surface area contributed by atoms with Gasteiger partial charge in [0.15, 0.2) is 5.43 Å². The highest BCUT2D eigenvalue weighted by Crippen LogP contribution is 2.00. The molecule has 1 heterocycles. The minimum Gasteiger partial charge on any atom is -0.466 e. The molecule has 0 aromatic carbocycles. The van der Waals surface area contributed by atoms with E-state index in [1.807, 2.05) is 6.92 Å². The molecule has 0 unspecified atom stereocenters. The number of aliphatic hydroxyl groups is 1. The maximum atomic E-state index is 11.2. The normalized spacial score (nSPS) is 10.2. The molecule has 3 nitrogen and oxygen atoms in total. The van der Waals surface area contributed by atoms with Crippen LogP contribution in [-0.4, -0.2) is 5.11 Å². The smallest absolute Gasteiger partial charge is 0.188 e. The van der Waals surface area contributed by atoms with Crippen molar-refractivity contribution in [2.75, 3.05) is 0 Å². The van der Waals surface area contributed by atoms with Gasteiger partial charge in [-0.25, -0.2) is 0 Å². The van der Waals surface area contributed by atoms with Gasteiger partial charge < -0.3 is 9.52 Å². The number of hydrogen-bond donors (Lipinski definition) is 1. The van der Waals surface area contributed by atoms with E-state index >= 15 is 0 Å². The second-order valence-electron chi connectivity index (χ2n) is 2.64. The predicted molar refractivity (Wildman–Crippen MR) is 44.9 cm³/mol. The first-order valence-corrected chi connectivity index (χ1v) is 3.99. The Balaban J connectivity index is 2.96. The molecule has 66 valence electrons. The molecular weight excluding hydrogens is 156 g/mol. The Morgan fingerprint density at radius 1 is 1.58 bits per heavy atom. The van der Waals surface area contributed by atoms with Crippen molar-refractivity contribution in [3.05, 3.63) is 33.9 Å². The van der Waals surface area contributed by atoms with Crippen molar-refractivity contribution >= 4 is 0 Å². The summed E-state index contributed by atoms with van der Waals surface area (Å²) in [4.78, 5) is 11.2. The summed E-state index contributed by atoms with van der Waals surface area (Å²) in [5.74, 6) is 0.319. The van der Waals surface area contributed by atoms with Crippen molar-refractivity contribution in [3.8, 4) is 0 Å². The van der Waals surface area contributed by atoms with Crippen molar-refractivity contribution in [2.24, 2.45) is 0 Å². The Morgan fingerprint density at radius 3 is 2.83 bits per heavy atom. The van der Waals surface area contributed by atoms with E-state index in [2.05, 4.69) is 0 Å². The maximum absolute atomic E-state index is 11.2. The molecule has 0 saturated heterocycles. The summed E-state index contributed by atoms with van der Waals surface area (Å²) in [7, 11) is 0. The van der Waals surface area contributed by atoms with E-state index in [1.165, 1.54) is 12.3 Å². The maximum Gasteiger partial charge on any atom is 0.188 e. The van der Waals surface area contributed by atoms with Gasteiger partial charge in [-0.05, 0) is 6.42 Å². The van der Waals surface area contributed by atoms with Gasteiger partial charge in [-0.1, -0.05) is 13.3 Å². The van der Waals surface area contributed by atoms with E-state index in [9.17, 15) is 4.79 Å². The van der Waals surface area contributed by atoms with Gasteiger partial charge in [0.1, 0.15) is 12.4 Å². The molecule has 0 amide bonds. The third-order valence-corrected chi connectivity index (χ3v) is 1.64. The van der Waals surface area contributed by atoms with Gasteiger partial charge in [0, 0.05) is 11.6 Å². The molecule has 0 aliphatic carbocycles. The van der Waals surface area contributed by atoms with Crippen LogP contribution in [0.5, 0.6) is 0 Å². The van der Waals surface area contributed by atoms with Crippen molar-refractivity contribution < 1.29 is 9.52 Å². The predicted octanol–water partition coefficient (Wildman–Crippen LogP) is 1.08. The zero-order valence-corrected chi connectivity index (χ0v) is 7.04. The number of hydrogen-bond acceptors (Lipinski definition) is 3. The summed E-state index contributed by atoms with van der Waals surface area (Å²) in [6, 6.07) is 1.34. The summed E-state index contributed by atoms with van der Waals surface area (Å²) < 4.78 is 4.99. The molecule has 0 aliphatic heterocycles. The summed E-state index contributed by atoms with van der Waals surface area (Å²) in [5, 5.41) is 8.65. The van der Waals surface area contributed by atoms with Crippen LogP contribution in [0.3, 0.4) is 0 Å². The van der Waals surface area contributed by atoms with Crippen LogP contribution in [0.15, 0.2) is 21.5 Å². The van der Waals surface area contributed by atoms with Crippen LogP contribution in [0.4, 0.5) is 0 Å². The topological polar surface area (TPSA) is 50.4 Å². The first-order valence-electron chi connectivity index (χ1n) is 3.99. The molecule has 1 aromatic heterocycles. The van der Waals surface area contributed by atoms with Gasteiger partial charge in [0.25, 0.3) is 0 Å². The number of rotatable bonds is 3. The SMILES string of the molecule is CCCc1coc(CO)cc1=O. The lowest BCUT2D eigenvalue weighted by molar-refractivity contribution is 0.243. The largest absolute Gasteiger partial charge is 0.466 e. The third kappa shape index (κ3) is 1.95. The summed E-state index contributed by atoms with van der Waals surface area (Å²) in [6.07, 6.45) is 3.08. The van der Waals surface area contributed by atoms with Gasteiger partial charge in [0.2, 0.25) is 0 Å². The summed E-state index contributed by atoms with van der Waals surface area (Å²) in [5.41, 5.74) is 0.627. The lowest BCUT2D eigenvalue weighted by atomic mass is 10.2. The Kier molecular flexibility index (Phi) is 3.05. The Labute approximate surface area is 70.7 Å². The van der Waals surface area contributed by atoms with Crippen LogP contribution < -0.4 is 5.43 Å². The molecule has 3 heteroatoms. The fourth-order valence-electron chi connectivity index (χ4n) is 1.01. The molecular formula is C9H12O3. The fraction of sp³-hybridized carbons (Fsp3) is 0.444. The lowest BCUT2D eigenvalue weighted by Crippen LogP contribution is -2.07. The minimum absolute atomic E-state index is 0.0489. The van der Waals surface area contributed by atoms with Crippen molar-refractivity contribution in [1.29, 1.82) is 0 Å². The Bertz CT molecular complexity index is 301. The molecule has 0 saturated carbocycles. The fourth-order valence-corrected chi connectivity index (χ4v) is 1.01. The zero-order valence-electron chi connectivity index (χ0n) is 7.04. The van der Waals surface area contributed by atoms with Crippen LogP contribution in [0.1, 0.15) is 24.7 Å². The first-order chi connectivity index (χ1) is 5.77. The second kappa shape index (κ2) is 4.07. The second-order valence-corrected chi connectivity index (χ2v) is 2.64. The highest BCUT2D eigenvalue weighted by atomic mass is 16.4. The molecule has 12 heavy (non-hydrogen) atoms. The van der Waals surface area contributed by atoms with Crippen LogP contribution in [0, 0.1) is 0 Å². The van der Waals surface area contributed by atoms with Crippen LogP contribution in [0.2, 0.25) is 0 Å². The van der Waals surface area contributed by atoms with Crippen LogP contribution >= 0.6 is 0 Å². The highest BCUT2D eigenvalue weighted by Gasteiger charge is 2.00. The quantitative estimate of drug-likeness (QED) is 0.734. The van der Waals surface area contributed by atoms with Gasteiger partial charge in [0.05, 0.1) is 6.26 Å². The molecule has 0 atom stereocenters. The van der Waals surface area contributed by atoms with E-state index in [-0.39, 0.29) is 12.0 Å². The standard InChI is InChI=1S/C9H12O3/c1-2-3-7-6-12-8(5-10)4-9(7)11/h4,6,10H,2-3,5H2,1H3. The molecule has 0 radical (unpaired) electrons. The first kappa shape index (κ1) is 9.00.